The third-order valence-electron chi connectivity index (χ3n) is 2.22. The van der Waals surface area contributed by atoms with Crippen molar-refractivity contribution in [3.8, 4) is 21.5 Å². The normalized spacial score (nSPS) is 10.9. The standard InChI is InChI=1S/C11H9N3OS2/c1-2-9-13-14-10(15-9)7-6-17-11(12-7)8-4-3-5-16-8/h3-6H,2H2,1H3. The van der Waals surface area contributed by atoms with Crippen molar-refractivity contribution in [3.63, 3.8) is 0 Å². The maximum Gasteiger partial charge on any atom is 0.267 e. The lowest BCUT2D eigenvalue weighted by molar-refractivity contribution is 0.511. The zero-order chi connectivity index (χ0) is 11.7. The van der Waals surface area contributed by atoms with Gasteiger partial charge in [0.1, 0.15) is 10.7 Å². The molecule has 0 fully saturated rings. The number of thiazole rings is 1. The minimum Gasteiger partial charge on any atom is -0.419 e. The lowest BCUT2D eigenvalue weighted by Crippen LogP contribution is -1.77. The molecule has 3 aromatic heterocycles. The second-order valence-electron chi connectivity index (χ2n) is 3.37. The molecule has 3 aromatic rings. The van der Waals surface area contributed by atoms with Crippen molar-refractivity contribution in [2.45, 2.75) is 13.3 Å². The van der Waals surface area contributed by atoms with Crippen molar-refractivity contribution in [1.29, 1.82) is 0 Å². The smallest absolute Gasteiger partial charge is 0.267 e. The average molecular weight is 263 g/mol. The number of hydrogen-bond donors (Lipinski definition) is 0. The third-order valence-corrected chi connectivity index (χ3v) is 4.11. The number of hydrogen-bond acceptors (Lipinski definition) is 6. The number of rotatable bonds is 3. The highest BCUT2D eigenvalue weighted by atomic mass is 32.1. The molecule has 0 spiro atoms. The summed E-state index contributed by atoms with van der Waals surface area (Å²) in [4.78, 5) is 5.67. The molecule has 0 unspecified atom stereocenters. The first-order valence-corrected chi connectivity index (χ1v) is 6.95. The Kier molecular flexibility index (Phi) is 2.74. The molecule has 0 amide bonds. The van der Waals surface area contributed by atoms with Crippen LogP contribution in [-0.2, 0) is 6.42 Å². The summed E-state index contributed by atoms with van der Waals surface area (Å²) in [7, 11) is 0. The molecule has 0 aliphatic heterocycles. The van der Waals surface area contributed by atoms with E-state index in [0.29, 0.717) is 11.8 Å². The van der Waals surface area contributed by atoms with E-state index in [1.54, 1.807) is 22.7 Å². The van der Waals surface area contributed by atoms with Crippen molar-refractivity contribution >= 4 is 22.7 Å². The molecular formula is C11H9N3OS2. The van der Waals surface area contributed by atoms with Crippen LogP contribution >= 0.6 is 22.7 Å². The van der Waals surface area contributed by atoms with Gasteiger partial charge in [0.05, 0.1) is 4.88 Å². The first-order valence-electron chi connectivity index (χ1n) is 5.19. The molecule has 0 atom stereocenters. The van der Waals surface area contributed by atoms with E-state index in [-0.39, 0.29) is 0 Å². The molecule has 0 saturated carbocycles. The maximum absolute atomic E-state index is 5.47. The van der Waals surface area contributed by atoms with Gasteiger partial charge in [-0.15, -0.1) is 32.9 Å². The van der Waals surface area contributed by atoms with Gasteiger partial charge in [0, 0.05) is 11.8 Å². The van der Waals surface area contributed by atoms with Crippen molar-refractivity contribution in [2.75, 3.05) is 0 Å². The van der Waals surface area contributed by atoms with E-state index < -0.39 is 0 Å². The van der Waals surface area contributed by atoms with Crippen LogP contribution in [0.25, 0.3) is 21.5 Å². The summed E-state index contributed by atoms with van der Waals surface area (Å²) in [5.74, 6) is 1.14. The number of aryl methyl sites for hydroxylation is 1. The van der Waals surface area contributed by atoms with Crippen LogP contribution in [0.2, 0.25) is 0 Å². The summed E-state index contributed by atoms with van der Waals surface area (Å²) in [5, 5.41) is 12.9. The van der Waals surface area contributed by atoms with Gasteiger partial charge >= 0.3 is 0 Å². The van der Waals surface area contributed by atoms with Crippen LogP contribution < -0.4 is 0 Å². The Bertz CT molecular complexity index is 612. The topological polar surface area (TPSA) is 51.8 Å². The van der Waals surface area contributed by atoms with Gasteiger partial charge in [-0.25, -0.2) is 4.98 Å². The van der Waals surface area contributed by atoms with E-state index in [1.165, 1.54) is 0 Å². The molecule has 6 heteroatoms. The lowest BCUT2D eigenvalue weighted by atomic mass is 10.4. The zero-order valence-electron chi connectivity index (χ0n) is 9.08. The van der Waals surface area contributed by atoms with Crippen molar-refractivity contribution in [1.82, 2.24) is 15.2 Å². The summed E-state index contributed by atoms with van der Waals surface area (Å²) >= 11 is 3.27. The molecule has 0 aliphatic carbocycles. The van der Waals surface area contributed by atoms with E-state index in [4.69, 9.17) is 4.42 Å². The summed E-state index contributed by atoms with van der Waals surface area (Å²) < 4.78 is 5.47. The van der Waals surface area contributed by atoms with Crippen LogP contribution in [-0.4, -0.2) is 15.2 Å². The molecule has 86 valence electrons. The Labute approximate surface area is 106 Å². The first kappa shape index (κ1) is 10.6. The molecule has 0 radical (unpaired) electrons. The van der Waals surface area contributed by atoms with E-state index >= 15 is 0 Å². The second-order valence-corrected chi connectivity index (χ2v) is 5.18. The SMILES string of the molecule is CCc1nnc(-c2csc(-c3cccs3)n2)o1. The number of thiophene rings is 1. The fraction of sp³-hybridized carbons (Fsp3) is 0.182. The minimum absolute atomic E-state index is 0.501. The van der Waals surface area contributed by atoms with Crippen molar-refractivity contribution in [2.24, 2.45) is 0 Å². The van der Waals surface area contributed by atoms with Crippen LogP contribution in [0.5, 0.6) is 0 Å². The molecular weight excluding hydrogens is 254 g/mol. The van der Waals surface area contributed by atoms with Crippen LogP contribution in [0.1, 0.15) is 12.8 Å². The Morgan fingerprint density at radius 3 is 2.94 bits per heavy atom. The fourth-order valence-electron chi connectivity index (χ4n) is 1.39. The van der Waals surface area contributed by atoms with E-state index in [2.05, 4.69) is 21.2 Å². The monoisotopic (exact) mass is 263 g/mol. The van der Waals surface area contributed by atoms with E-state index in [0.717, 1.165) is 22.0 Å². The van der Waals surface area contributed by atoms with Gasteiger partial charge in [0.15, 0.2) is 0 Å². The summed E-state index contributed by atoms with van der Waals surface area (Å²) in [6, 6.07) is 4.07. The van der Waals surface area contributed by atoms with Crippen LogP contribution in [0.4, 0.5) is 0 Å². The lowest BCUT2D eigenvalue weighted by Gasteiger charge is -1.87. The first-order chi connectivity index (χ1) is 8.36. The predicted molar refractivity (Wildman–Crippen MR) is 68.1 cm³/mol. The van der Waals surface area contributed by atoms with Gasteiger partial charge < -0.3 is 4.42 Å². The van der Waals surface area contributed by atoms with Crippen LogP contribution in [0.15, 0.2) is 27.3 Å². The third kappa shape index (κ3) is 2.01. The van der Waals surface area contributed by atoms with Gasteiger partial charge in [-0.2, -0.15) is 0 Å². The van der Waals surface area contributed by atoms with Crippen molar-refractivity contribution < 1.29 is 4.42 Å². The Morgan fingerprint density at radius 2 is 2.24 bits per heavy atom. The molecule has 4 nitrogen and oxygen atoms in total. The molecule has 3 rings (SSSR count). The van der Waals surface area contributed by atoms with Crippen molar-refractivity contribution in [3.05, 3.63) is 28.8 Å². The molecule has 0 saturated heterocycles. The van der Waals surface area contributed by atoms with Gasteiger partial charge in [-0.05, 0) is 11.4 Å². The molecule has 0 aromatic carbocycles. The largest absolute Gasteiger partial charge is 0.419 e. The van der Waals surface area contributed by atoms with Gasteiger partial charge in [-0.3, -0.25) is 0 Å². The fourth-order valence-corrected chi connectivity index (χ4v) is 2.99. The number of aromatic nitrogens is 3. The van der Waals surface area contributed by atoms with Crippen LogP contribution in [0, 0.1) is 0 Å². The highest BCUT2D eigenvalue weighted by Gasteiger charge is 2.12. The number of nitrogens with zero attached hydrogens (tertiary/aromatic N) is 3. The molecule has 17 heavy (non-hydrogen) atoms. The molecule has 0 aliphatic rings. The quantitative estimate of drug-likeness (QED) is 0.726. The summed E-state index contributed by atoms with van der Waals surface area (Å²) in [5.41, 5.74) is 0.755. The maximum atomic E-state index is 5.47. The Morgan fingerprint density at radius 1 is 1.29 bits per heavy atom. The Balaban J connectivity index is 1.94. The Hall–Kier alpha value is -1.53. The van der Waals surface area contributed by atoms with E-state index in [9.17, 15) is 0 Å². The van der Waals surface area contributed by atoms with Gasteiger partial charge in [0.2, 0.25) is 5.89 Å². The minimum atomic E-state index is 0.501. The second kappa shape index (κ2) is 4.38. The zero-order valence-corrected chi connectivity index (χ0v) is 10.7. The summed E-state index contributed by atoms with van der Waals surface area (Å²) in [6.45, 7) is 1.98. The average Bonchev–Trinajstić information content (AvgIpc) is 3.09. The van der Waals surface area contributed by atoms with E-state index in [1.807, 2.05) is 23.8 Å². The van der Waals surface area contributed by atoms with Gasteiger partial charge in [-0.1, -0.05) is 13.0 Å². The molecule has 3 heterocycles. The molecule has 0 N–H and O–H groups in total. The van der Waals surface area contributed by atoms with Crippen LogP contribution in [0.3, 0.4) is 0 Å². The molecule has 0 bridgehead atoms. The predicted octanol–water partition coefficient (Wildman–Crippen LogP) is 3.48. The highest BCUT2D eigenvalue weighted by Crippen LogP contribution is 2.30. The summed E-state index contributed by atoms with van der Waals surface area (Å²) in [6.07, 6.45) is 0.745. The van der Waals surface area contributed by atoms with Gasteiger partial charge in [0.25, 0.3) is 5.89 Å². The highest BCUT2D eigenvalue weighted by molar-refractivity contribution is 7.20.